The number of nitrogens with one attached hydrogen (secondary N) is 2. The molecule has 0 unspecified atom stereocenters. The zero-order chi connectivity index (χ0) is 18.6. The van der Waals surface area contributed by atoms with E-state index in [1.165, 1.54) is 27.2 Å². The van der Waals surface area contributed by atoms with E-state index in [1.807, 2.05) is 0 Å². The highest BCUT2D eigenvalue weighted by Gasteiger charge is 2.28. The van der Waals surface area contributed by atoms with Crippen LogP contribution < -0.4 is 9.80 Å². The van der Waals surface area contributed by atoms with Gasteiger partial charge < -0.3 is 14.7 Å². The molecule has 1 amide bonds. The van der Waals surface area contributed by atoms with Crippen molar-refractivity contribution in [2.75, 3.05) is 39.3 Å². The summed E-state index contributed by atoms with van der Waals surface area (Å²) in [5.74, 6) is 0.321. The third-order valence-electron chi connectivity index (χ3n) is 6.09. The first kappa shape index (κ1) is 18.2. The first-order valence-electron chi connectivity index (χ1n) is 10.2. The first-order valence-corrected chi connectivity index (χ1v) is 10.2. The predicted molar refractivity (Wildman–Crippen MR) is 107 cm³/mol. The molecule has 0 saturated carbocycles. The fourth-order valence-electron chi connectivity index (χ4n) is 4.46. The van der Waals surface area contributed by atoms with Crippen LogP contribution in [0.2, 0.25) is 0 Å². The van der Waals surface area contributed by atoms with E-state index >= 15 is 0 Å². The summed E-state index contributed by atoms with van der Waals surface area (Å²) in [6.07, 6.45) is 0.992. The maximum absolute atomic E-state index is 12.8. The van der Waals surface area contributed by atoms with Gasteiger partial charge >= 0.3 is 0 Å². The van der Waals surface area contributed by atoms with Gasteiger partial charge in [-0.2, -0.15) is 0 Å². The van der Waals surface area contributed by atoms with Crippen LogP contribution in [-0.4, -0.2) is 50.1 Å². The molecule has 1 fully saturated rings. The van der Waals surface area contributed by atoms with Crippen molar-refractivity contribution >= 4 is 5.91 Å². The number of carbonyl (C=O) groups excluding carboxylic acids is 1. The Kier molecular flexibility index (Phi) is 5.55. The van der Waals surface area contributed by atoms with Crippen LogP contribution in [0.1, 0.15) is 22.3 Å². The molecule has 142 valence electrons. The second-order valence-electron chi connectivity index (χ2n) is 8.18. The van der Waals surface area contributed by atoms with Gasteiger partial charge in [-0.15, -0.1) is 0 Å². The van der Waals surface area contributed by atoms with Gasteiger partial charge in [0.25, 0.3) is 5.91 Å². The SMILES string of the molecule is Cc1cccc(C[NH+]2CC[NH+](CC(=O)N3CCc4ccccc4C3)CC2)c1. The summed E-state index contributed by atoms with van der Waals surface area (Å²) in [5, 5.41) is 0. The molecule has 0 atom stereocenters. The molecule has 2 aromatic carbocycles. The normalized spacial score (nSPS) is 22.3. The minimum absolute atomic E-state index is 0.321. The third kappa shape index (κ3) is 4.57. The molecule has 27 heavy (non-hydrogen) atoms. The molecule has 0 bridgehead atoms. The number of hydrogen-bond acceptors (Lipinski definition) is 1. The molecule has 0 aliphatic carbocycles. The molecular weight excluding hydrogens is 334 g/mol. The summed E-state index contributed by atoms with van der Waals surface area (Å²) in [4.78, 5) is 17.9. The number of benzene rings is 2. The molecule has 2 aliphatic heterocycles. The zero-order valence-electron chi connectivity index (χ0n) is 16.3. The van der Waals surface area contributed by atoms with Gasteiger partial charge in [0, 0.05) is 18.7 Å². The highest BCUT2D eigenvalue weighted by Crippen LogP contribution is 2.18. The summed E-state index contributed by atoms with van der Waals surface area (Å²) in [5.41, 5.74) is 5.49. The van der Waals surface area contributed by atoms with Gasteiger partial charge in [0.15, 0.2) is 6.54 Å². The number of hydrogen-bond donors (Lipinski definition) is 2. The van der Waals surface area contributed by atoms with Crippen LogP contribution in [0.4, 0.5) is 0 Å². The Bertz CT molecular complexity index is 796. The zero-order valence-corrected chi connectivity index (χ0v) is 16.3. The lowest BCUT2D eigenvalue weighted by Gasteiger charge is -2.32. The number of rotatable bonds is 4. The largest absolute Gasteiger partial charge is 0.333 e. The van der Waals surface area contributed by atoms with Gasteiger partial charge in [-0.05, 0) is 24.5 Å². The Morgan fingerprint density at radius 1 is 0.963 bits per heavy atom. The quantitative estimate of drug-likeness (QED) is 0.776. The second-order valence-corrected chi connectivity index (χ2v) is 8.18. The van der Waals surface area contributed by atoms with Gasteiger partial charge in [0.2, 0.25) is 0 Å². The fourth-order valence-corrected chi connectivity index (χ4v) is 4.46. The van der Waals surface area contributed by atoms with Gasteiger partial charge in [-0.3, -0.25) is 4.79 Å². The van der Waals surface area contributed by atoms with Crippen molar-refractivity contribution in [2.45, 2.75) is 26.4 Å². The third-order valence-corrected chi connectivity index (χ3v) is 6.09. The molecular formula is C23H31N3O+2. The molecule has 2 aromatic rings. The van der Waals surface area contributed by atoms with E-state index in [2.05, 4.69) is 60.4 Å². The number of piperazine rings is 1. The Morgan fingerprint density at radius 2 is 1.70 bits per heavy atom. The molecule has 2 N–H and O–H groups in total. The van der Waals surface area contributed by atoms with E-state index in [4.69, 9.17) is 0 Å². The van der Waals surface area contributed by atoms with Gasteiger partial charge in [0.1, 0.15) is 32.7 Å². The number of quaternary nitrogens is 2. The lowest BCUT2D eigenvalue weighted by atomic mass is 10.00. The number of aryl methyl sites for hydroxylation is 1. The van der Waals surface area contributed by atoms with Crippen LogP contribution in [0.15, 0.2) is 48.5 Å². The highest BCUT2D eigenvalue weighted by molar-refractivity contribution is 5.77. The number of fused-ring (bicyclic) bond motifs is 1. The van der Waals surface area contributed by atoms with Crippen LogP contribution in [0.25, 0.3) is 0 Å². The van der Waals surface area contributed by atoms with Crippen LogP contribution >= 0.6 is 0 Å². The smallest absolute Gasteiger partial charge is 0.278 e. The minimum atomic E-state index is 0.321. The van der Waals surface area contributed by atoms with Crippen molar-refractivity contribution in [3.8, 4) is 0 Å². The summed E-state index contributed by atoms with van der Waals surface area (Å²) >= 11 is 0. The molecule has 0 aromatic heterocycles. The molecule has 4 heteroatoms. The Morgan fingerprint density at radius 3 is 2.48 bits per heavy atom. The fraction of sp³-hybridized carbons (Fsp3) is 0.435. The second kappa shape index (κ2) is 8.24. The van der Waals surface area contributed by atoms with Crippen LogP contribution in [-0.2, 0) is 24.3 Å². The van der Waals surface area contributed by atoms with E-state index in [-0.39, 0.29) is 0 Å². The van der Waals surface area contributed by atoms with E-state index in [1.54, 1.807) is 4.90 Å². The molecule has 2 heterocycles. The lowest BCUT2D eigenvalue weighted by molar-refractivity contribution is -1.02. The van der Waals surface area contributed by atoms with Crippen molar-refractivity contribution in [3.63, 3.8) is 0 Å². The molecule has 2 aliphatic rings. The Hall–Kier alpha value is -2.17. The molecule has 1 saturated heterocycles. The monoisotopic (exact) mass is 365 g/mol. The summed E-state index contributed by atoms with van der Waals surface area (Å²) < 4.78 is 0. The average Bonchev–Trinajstić information content (AvgIpc) is 2.69. The predicted octanol–water partition coefficient (Wildman–Crippen LogP) is -0.137. The van der Waals surface area contributed by atoms with Crippen molar-refractivity contribution in [3.05, 3.63) is 70.8 Å². The highest BCUT2D eigenvalue weighted by atomic mass is 16.2. The number of amides is 1. The molecule has 0 spiro atoms. The Balaban J connectivity index is 1.25. The summed E-state index contributed by atoms with van der Waals surface area (Å²) in [7, 11) is 0. The van der Waals surface area contributed by atoms with E-state index < -0.39 is 0 Å². The van der Waals surface area contributed by atoms with E-state index in [0.29, 0.717) is 12.5 Å². The number of carbonyl (C=O) groups is 1. The van der Waals surface area contributed by atoms with Gasteiger partial charge in [-0.1, -0.05) is 54.1 Å². The van der Waals surface area contributed by atoms with Crippen molar-refractivity contribution in [1.29, 1.82) is 0 Å². The first-order chi connectivity index (χ1) is 13.2. The molecule has 4 nitrogen and oxygen atoms in total. The summed E-state index contributed by atoms with van der Waals surface area (Å²) in [6.45, 7) is 10.1. The van der Waals surface area contributed by atoms with E-state index in [0.717, 1.165) is 52.2 Å². The maximum Gasteiger partial charge on any atom is 0.278 e. The van der Waals surface area contributed by atoms with Crippen molar-refractivity contribution in [2.24, 2.45) is 0 Å². The van der Waals surface area contributed by atoms with Crippen LogP contribution in [0.3, 0.4) is 0 Å². The van der Waals surface area contributed by atoms with E-state index in [9.17, 15) is 4.79 Å². The Labute approximate surface area is 162 Å². The standard InChI is InChI=1S/C23H29N3O/c1-19-5-4-6-20(15-19)16-24-11-13-25(14-12-24)18-23(27)26-10-9-21-7-2-3-8-22(21)17-26/h2-8,15H,9-14,16-18H2,1H3/p+2. The van der Waals surface area contributed by atoms with Gasteiger partial charge in [0.05, 0.1) is 0 Å². The van der Waals surface area contributed by atoms with Crippen molar-refractivity contribution in [1.82, 2.24) is 4.90 Å². The topological polar surface area (TPSA) is 29.2 Å². The van der Waals surface area contributed by atoms with Crippen LogP contribution in [0.5, 0.6) is 0 Å². The van der Waals surface area contributed by atoms with Gasteiger partial charge in [-0.25, -0.2) is 0 Å². The minimum Gasteiger partial charge on any atom is -0.333 e. The average molecular weight is 366 g/mol. The molecule has 0 radical (unpaired) electrons. The van der Waals surface area contributed by atoms with Crippen LogP contribution in [0, 0.1) is 6.92 Å². The maximum atomic E-state index is 12.8. The molecule has 4 rings (SSSR count). The summed E-state index contributed by atoms with van der Waals surface area (Å²) in [6, 6.07) is 17.4. The van der Waals surface area contributed by atoms with Crippen molar-refractivity contribution < 1.29 is 14.6 Å². The number of nitrogens with zero attached hydrogens (tertiary/aromatic N) is 1. The lowest BCUT2D eigenvalue weighted by Crippen LogP contribution is -3.28.